The summed E-state index contributed by atoms with van der Waals surface area (Å²) in [4.78, 5) is 0. The summed E-state index contributed by atoms with van der Waals surface area (Å²) in [6.07, 6.45) is 3.61. The van der Waals surface area contributed by atoms with E-state index >= 15 is 0 Å². The molecule has 112 valence electrons. The van der Waals surface area contributed by atoms with Gasteiger partial charge >= 0.3 is 0 Å². The van der Waals surface area contributed by atoms with Gasteiger partial charge in [-0.2, -0.15) is 0 Å². The summed E-state index contributed by atoms with van der Waals surface area (Å²) in [5, 5.41) is 4.90. The van der Waals surface area contributed by atoms with Crippen LogP contribution in [-0.2, 0) is 6.54 Å². The quantitative estimate of drug-likeness (QED) is 0.731. The van der Waals surface area contributed by atoms with Gasteiger partial charge in [0.25, 0.3) is 0 Å². The van der Waals surface area contributed by atoms with Crippen molar-refractivity contribution in [2.45, 2.75) is 18.9 Å². The summed E-state index contributed by atoms with van der Waals surface area (Å²) in [5.74, 6) is 0.649. The van der Waals surface area contributed by atoms with E-state index in [-0.39, 0.29) is 0 Å². The van der Waals surface area contributed by atoms with Gasteiger partial charge in [0.15, 0.2) is 0 Å². The lowest BCUT2D eigenvalue weighted by Crippen LogP contribution is -2.07. The highest BCUT2D eigenvalue weighted by molar-refractivity contribution is 9.10. The first-order valence-electron chi connectivity index (χ1n) is 7.84. The molecule has 0 bridgehead atoms. The topological polar surface area (TPSA) is 17.0 Å². The Labute approximate surface area is 139 Å². The Morgan fingerprint density at radius 3 is 2.68 bits per heavy atom. The molecule has 1 unspecified atom stereocenters. The Morgan fingerprint density at radius 2 is 1.91 bits per heavy atom. The summed E-state index contributed by atoms with van der Waals surface area (Å²) in [6.45, 7) is 3.16. The zero-order valence-corrected chi connectivity index (χ0v) is 14.0. The van der Waals surface area contributed by atoms with E-state index in [1.54, 1.807) is 0 Å². The van der Waals surface area contributed by atoms with E-state index in [0.717, 1.165) is 24.1 Å². The lowest BCUT2D eigenvalue weighted by Gasteiger charge is -2.06. The fraction of sp³-hybridized carbons (Fsp3) is 0.263. The Morgan fingerprint density at radius 1 is 1.09 bits per heavy atom. The molecule has 1 N–H and O–H groups in total. The fourth-order valence-electron chi connectivity index (χ4n) is 3.44. The van der Waals surface area contributed by atoms with E-state index in [1.165, 1.54) is 28.5 Å². The average molecular weight is 355 g/mol. The van der Waals surface area contributed by atoms with E-state index in [4.69, 9.17) is 0 Å². The standard InChI is InChI=1S/C19H19BrN2/c20-16-7-5-14(6-8-16)12-22-13-18(15-9-10-21-11-15)17-3-1-2-4-19(17)22/h1-8,13,15,21H,9-12H2. The molecule has 3 heteroatoms. The summed E-state index contributed by atoms with van der Waals surface area (Å²) in [6, 6.07) is 17.4. The van der Waals surface area contributed by atoms with Crippen molar-refractivity contribution in [3.8, 4) is 0 Å². The van der Waals surface area contributed by atoms with Gasteiger partial charge in [-0.15, -0.1) is 0 Å². The Balaban J connectivity index is 1.75. The van der Waals surface area contributed by atoms with E-state index in [9.17, 15) is 0 Å². The second-order valence-electron chi connectivity index (χ2n) is 6.05. The minimum atomic E-state index is 0.649. The average Bonchev–Trinajstić information content (AvgIpc) is 3.18. The predicted octanol–water partition coefficient (Wildman–Crippen LogP) is 4.53. The van der Waals surface area contributed by atoms with Gasteiger partial charge in [-0.25, -0.2) is 0 Å². The van der Waals surface area contributed by atoms with Crippen molar-refractivity contribution in [1.29, 1.82) is 0 Å². The van der Waals surface area contributed by atoms with E-state index in [0.29, 0.717) is 5.92 Å². The molecule has 0 aliphatic carbocycles. The normalized spacial score (nSPS) is 18.1. The van der Waals surface area contributed by atoms with Crippen molar-refractivity contribution in [1.82, 2.24) is 9.88 Å². The minimum Gasteiger partial charge on any atom is -0.343 e. The maximum absolute atomic E-state index is 3.51. The molecule has 1 saturated heterocycles. The lowest BCUT2D eigenvalue weighted by atomic mass is 9.98. The summed E-state index contributed by atoms with van der Waals surface area (Å²) < 4.78 is 3.53. The molecular weight excluding hydrogens is 336 g/mol. The third kappa shape index (κ3) is 2.59. The molecule has 1 atom stereocenters. The van der Waals surface area contributed by atoms with Crippen LogP contribution in [0.2, 0.25) is 0 Å². The number of nitrogens with zero attached hydrogens (tertiary/aromatic N) is 1. The Kier molecular flexibility index (Phi) is 3.77. The third-order valence-corrected chi connectivity index (χ3v) is 5.11. The zero-order chi connectivity index (χ0) is 14.9. The molecule has 1 aliphatic heterocycles. The molecule has 2 heterocycles. The molecule has 1 aliphatic rings. The zero-order valence-electron chi connectivity index (χ0n) is 12.4. The summed E-state index contributed by atoms with van der Waals surface area (Å²) in [7, 11) is 0. The number of hydrogen-bond donors (Lipinski definition) is 1. The molecular formula is C19H19BrN2. The van der Waals surface area contributed by atoms with Crippen LogP contribution in [0.4, 0.5) is 0 Å². The van der Waals surface area contributed by atoms with E-state index < -0.39 is 0 Å². The van der Waals surface area contributed by atoms with Crippen LogP contribution in [0, 0.1) is 0 Å². The molecule has 0 saturated carbocycles. The maximum Gasteiger partial charge on any atom is 0.0486 e. The highest BCUT2D eigenvalue weighted by atomic mass is 79.9. The van der Waals surface area contributed by atoms with Gasteiger partial charge in [-0.1, -0.05) is 46.3 Å². The van der Waals surface area contributed by atoms with Crippen molar-refractivity contribution in [2.24, 2.45) is 0 Å². The lowest BCUT2D eigenvalue weighted by molar-refractivity contribution is 0.754. The van der Waals surface area contributed by atoms with Gasteiger partial charge < -0.3 is 9.88 Å². The van der Waals surface area contributed by atoms with Gasteiger partial charge in [0, 0.05) is 34.7 Å². The number of nitrogens with one attached hydrogen (secondary N) is 1. The van der Waals surface area contributed by atoms with E-state index in [1.807, 2.05) is 0 Å². The SMILES string of the molecule is Brc1ccc(Cn2cc(C3CCNC3)c3ccccc32)cc1. The van der Waals surface area contributed by atoms with Crippen molar-refractivity contribution in [3.05, 3.63) is 70.3 Å². The van der Waals surface area contributed by atoms with E-state index in [2.05, 4.69) is 80.5 Å². The molecule has 3 aromatic rings. The van der Waals surface area contributed by atoms with Crippen molar-refractivity contribution in [2.75, 3.05) is 13.1 Å². The smallest absolute Gasteiger partial charge is 0.0486 e. The highest BCUT2D eigenvalue weighted by Crippen LogP contribution is 2.31. The fourth-order valence-corrected chi connectivity index (χ4v) is 3.70. The van der Waals surface area contributed by atoms with Gasteiger partial charge in [-0.3, -0.25) is 0 Å². The van der Waals surface area contributed by atoms with Gasteiger partial charge in [0.05, 0.1) is 0 Å². The van der Waals surface area contributed by atoms with Crippen molar-refractivity contribution < 1.29 is 0 Å². The molecule has 4 rings (SSSR count). The van der Waals surface area contributed by atoms with Gasteiger partial charge in [0.1, 0.15) is 0 Å². The number of rotatable bonds is 3. The minimum absolute atomic E-state index is 0.649. The molecule has 1 aromatic heterocycles. The number of halogens is 1. The first kappa shape index (κ1) is 14.0. The number of hydrogen-bond acceptors (Lipinski definition) is 1. The number of aromatic nitrogens is 1. The number of para-hydroxylation sites is 1. The number of fused-ring (bicyclic) bond motifs is 1. The van der Waals surface area contributed by atoms with Gasteiger partial charge in [0.2, 0.25) is 0 Å². The molecule has 1 fully saturated rings. The monoisotopic (exact) mass is 354 g/mol. The van der Waals surface area contributed by atoms with Crippen LogP contribution in [0.15, 0.2) is 59.2 Å². The molecule has 2 aromatic carbocycles. The van der Waals surface area contributed by atoms with Gasteiger partial charge in [-0.05, 0) is 48.2 Å². The summed E-state index contributed by atoms with van der Waals surface area (Å²) in [5.41, 5.74) is 4.17. The summed E-state index contributed by atoms with van der Waals surface area (Å²) >= 11 is 3.51. The van der Waals surface area contributed by atoms with Crippen LogP contribution < -0.4 is 5.32 Å². The Hall–Kier alpha value is -1.58. The van der Waals surface area contributed by atoms with Crippen LogP contribution in [0.5, 0.6) is 0 Å². The van der Waals surface area contributed by atoms with Crippen LogP contribution in [0.1, 0.15) is 23.5 Å². The van der Waals surface area contributed by atoms with Crippen molar-refractivity contribution >= 4 is 26.8 Å². The predicted molar refractivity (Wildman–Crippen MR) is 95.4 cm³/mol. The van der Waals surface area contributed by atoms with Crippen LogP contribution in [0.25, 0.3) is 10.9 Å². The highest BCUT2D eigenvalue weighted by Gasteiger charge is 2.21. The molecule has 2 nitrogen and oxygen atoms in total. The number of benzene rings is 2. The largest absolute Gasteiger partial charge is 0.343 e. The van der Waals surface area contributed by atoms with Crippen LogP contribution in [-0.4, -0.2) is 17.7 Å². The second-order valence-corrected chi connectivity index (χ2v) is 6.96. The second kappa shape index (κ2) is 5.90. The molecule has 22 heavy (non-hydrogen) atoms. The molecule has 0 spiro atoms. The first-order chi connectivity index (χ1) is 10.8. The molecule has 0 radical (unpaired) electrons. The Bertz CT molecular complexity index is 783. The maximum atomic E-state index is 3.51. The first-order valence-corrected chi connectivity index (χ1v) is 8.63. The molecule has 0 amide bonds. The van der Waals surface area contributed by atoms with Crippen LogP contribution >= 0.6 is 15.9 Å². The van der Waals surface area contributed by atoms with Crippen molar-refractivity contribution in [3.63, 3.8) is 0 Å². The third-order valence-electron chi connectivity index (χ3n) is 4.59. The van der Waals surface area contributed by atoms with Crippen LogP contribution in [0.3, 0.4) is 0 Å².